The fraction of sp³-hybridized carbons (Fsp3) is 0.524. The van der Waals surface area contributed by atoms with Crippen molar-refractivity contribution in [3.8, 4) is 0 Å². The largest absolute Gasteiger partial charge is 0.465 e. The lowest BCUT2D eigenvalue weighted by Gasteiger charge is -2.44. The zero-order chi connectivity index (χ0) is 21.8. The Morgan fingerprint density at radius 1 is 1.28 bits per heavy atom. The van der Waals surface area contributed by atoms with E-state index in [1.165, 1.54) is 11.0 Å². The van der Waals surface area contributed by atoms with E-state index in [0.717, 1.165) is 4.31 Å². The van der Waals surface area contributed by atoms with Crippen molar-refractivity contribution in [1.29, 1.82) is 0 Å². The zero-order valence-electron chi connectivity index (χ0n) is 17.2. The molecule has 1 aliphatic rings. The minimum atomic E-state index is -3.89. The van der Waals surface area contributed by atoms with E-state index in [2.05, 4.69) is 6.58 Å². The maximum atomic E-state index is 13.2. The molecule has 1 saturated heterocycles. The summed E-state index contributed by atoms with van der Waals surface area (Å²) >= 11 is 0. The average molecular weight is 423 g/mol. The van der Waals surface area contributed by atoms with Gasteiger partial charge in [-0.15, -0.1) is 6.58 Å². The number of sulfonamides is 1. The number of hydrogen-bond donors (Lipinski definition) is 1. The van der Waals surface area contributed by atoms with Crippen molar-refractivity contribution < 1.29 is 23.1 Å². The van der Waals surface area contributed by atoms with Crippen LogP contribution in [-0.4, -0.2) is 53.9 Å². The van der Waals surface area contributed by atoms with Gasteiger partial charge in [-0.2, -0.15) is 0 Å². The van der Waals surface area contributed by atoms with Crippen molar-refractivity contribution in [2.24, 2.45) is 11.3 Å². The maximum absolute atomic E-state index is 13.2. The Morgan fingerprint density at radius 2 is 1.90 bits per heavy atom. The van der Waals surface area contributed by atoms with Crippen LogP contribution in [0.2, 0.25) is 0 Å². The summed E-state index contributed by atoms with van der Waals surface area (Å²) in [5.41, 5.74) is 0.228. The van der Waals surface area contributed by atoms with E-state index in [0.29, 0.717) is 18.4 Å². The van der Waals surface area contributed by atoms with Crippen LogP contribution in [-0.2, 0) is 20.6 Å². The van der Waals surface area contributed by atoms with Crippen molar-refractivity contribution in [3.63, 3.8) is 0 Å². The van der Waals surface area contributed by atoms with E-state index >= 15 is 0 Å². The van der Waals surface area contributed by atoms with Gasteiger partial charge in [0.25, 0.3) is 0 Å². The monoisotopic (exact) mass is 422 g/mol. The van der Waals surface area contributed by atoms with Crippen LogP contribution in [0.3, 0.4) is 0 Å². The first-order valence-corrected chi connectivity index (χ1v) is 11.3. The third kappa shape index (κ3) is 5.59. The number of piperidine rings is 1. The first kappa shape index (κ1) is 22.9. The SMILES string of the molecule is C=CCN(C(=O)C1CCN(C(=O)O)C(C(C)(C)C)C1)S(=O)(=O)Cc1ccccc1. The molecule has 1 fully saturated rings. The van der Waals surface area contributed by atoms with Crippen LogP contribution in [0.15, 0.2) is 43.0 Å². The van der Waals surface area contributed by atoms with Gasteiger partial charge >= 0.3 is 6.09 Å². The molecule has 8 heteroatoms. The van der Waals surface area contributed by atoms with Crippen LogP contribution in [0.1, 0.15) is 39.2 Å². The number of nitrogens with zero attached hydrogens (tertiary/aromatic N) is 2. The second-order valence-electron chi connectivity index (χ2n) is 8.48. The predicted octanol–water partition coefficient (Wildman–Crippen LogP) is 3.34. The summed E-state index contributed by atoms with van der Waals surface area (Å²) in [7, 11) is -3.89. The Bertz CT molecular complexity index is 846. The molecule has 0 aliphatic carbocycles. The number of likely N-dealkylation sites (tertiary alicyclic amines) is 1. The quantitative estimate of drug-likeness (QED) is 0.710. The molecule has 1 aliphatic heterocycles. The highest BCUT2D eigenvalue weighted by Gasteiger charge is 2.43. The topological polar surface area (TPSA) is 95.0 Å². The van der Waals surface area contributed by atoms with Crippen LogP contribution >= 0.6 is 0 Å². The smallest absolute Gasteiger partial charge is 0.407 e. The second-order valence-corrected chi connectivity index (χ2v) is 10.4. The maximum Gasteiger partial charge on any atom is 0.407 e. The van der Waals surface area contributed by atoms with Crippen molar-refractivity contribution in [1.82, 2.24) is 9.21 Å². The molecule has 2 atom stereocenters. The Labute approximate surface area is 173 Å². The van der Waals surface area contributed by atoms with Gasteiger partial charge in [0.2, 0.25) is 15.9 Å². The van der Waals surface area contributed by atoms with Crippen LogP contribution < -0.4 is 0 Å². The molecule has 1 N–H and O–H groups in total. The van der Waals surface area contributed by atoms with Crippen LogP contribution in [0.25, 0.3) is 0 Å². The summed E-state index contributed by atoms with van der Waals surface area (Å²) in [6, 6.07) is 8.33. The van der Waals surface area contributed by atoms with E-state index in [1.54, 1.807) is 30.3 Å². The highest BCUT2D eigenvalue weighted by molar-refractivity contribution is 7.88. The Balaban J connectivity index is 2.26. The fourth-order valence-corrected chi connectivity index (χ4v) is 5.29. The molecule has 2 unspecified atom stereocenters. The van der Waals surface area contributed by atoms with Gasteiger partial charge in [-0.1, -0.05) is 57.2 Å². The summed E-state index contributed by atoms with van der Waals surface area (Å²) in [5.74, 6) is -1.31. The third-order valence-electron chi connectivity index (χ3n) is 5.27. The summed E-state index contributed by atoms with van der Waals surface area (Å²) in [6.45, 7) is 9.47. The first-order valence-electron chi connectivity index (χ1n) is 9.66. The normalized spacial score (nSPS) is 20.2. The van der Waals surface area contributed by atoms with Crippen molar-refractivity contribution in [2.45, 2.75) is 45.4 Å². The van der Waals surface area contributed by atoms with Gasteiger partial charge in [-0.05, 0) is 23.8 Å². The minimum Gasteiger partial charge on any atom is -0.465 e. The summed E-state index contributed by atoms with van der Waals surface area (Å²) < 4.78 is 26.9. The highest BCUT2D eigenvalue weighted by Crippen LogP contribution is 2.35. The van der Waals surface area contributed by atoms with Crippen molar-refractivity contribution >= 4 is 22.0 Å². The number of carbonyl (C=O) groups excluding carboxylic acids is 1. The molecular weight excluding hydrogens is 392 g/mol. The highest BCUT2D eigenvalue weighted by atomic mass is 32.2. The van der Waals surface area contributed by atoms with Crippen LogP contribution in [0.4, 0.5) is 4.79 Å². The van der Waals surface area contributed by atoms with E-state index in [1.807, 2.05) is 20.8 Å². The molecule has 1 heterocycles. The number of carbonyl (C=O) groups is 2. The summed E-state index contributed by atoms with van der Waals surface area (Å²) in [6.07, 6.45) is 0.971. The molecule has 160 valence electrons. The lowest BCUT2D eigenvalue weighted by Crippen LogP contribution is -2.54. The number of amides is 2. The van der Waals surface area contributed by atoms with E-state index in [4.69, 9.17) is 0 Å². The van der Waals surface area contributed by atoms with Crippen LogP contribution in [0, 0.1) is 11.3 Å². The molecule has 0 aromatic heterocycles. The molecule has 1 aromatic carbocycles. The van der Waals surface area contributed by atoms with Crippen molar-refractivity contribution in [3.05, 3.63) is 48.6 Å². The van der Waals surface area contributed by atoms with Crippen molar-refractivity contribution in [2.75, 3.05) is 13.1 Å². The average Bonchev–Trinajstić information content (AvgIpc) is 2.64. The Kier molecular flexibility index (Phi) is 7.11. The first-order chi connectivity index (χ1) is 13.5. The van der Waals surface area contributed by atoms with E-state index in [-0.39, 0.29) is 30.3 Å². The van der Waals surface area contributed by atoms with Gasteiger partial charge < -0.3 is 10.0 Å². The lowest BCUT2D eigenvalue weighted by atomic mass is 9.77. The lowest BCUT2D eigenvalue weighted by molar-refractivity contribution is -0.133. The molecular formula is C21H30N2O5S. The number of rotatable bonds is 6. The molecule has 2 amide bonds. The molecule has 0 saturated carbocycles. The standard InChI is InChI=1S/C21H30N2O5S/c1-5-12-23(29(27,28)15-16-9-7-6-8-10-16)19(24)17-11-13-22(20(25)26)18(14-17)21(2,3)4/h5-10,17-18H,1,11-15H2,2-4H3,(H,25,26). The molecule has 2 rings (SSSR count). The number of carboxylic acid groups (broad SMARTS) is 1. The molecule has 0 radical (unpaired) electrons. The Morgan fingerprint density at radius 3 is 2.41 bits per heavy atom. The number of hydrogen-bond acceptors (Lipinski definition) is 4. The van der Waals surface area contributed by atoms with Gasteiger partial charge in [-0.3, -0.25) is 4.79 Å². The second kappa shape index (κ2) is 8.98. The fourth-order valence-electron chi connectivity index (χ4n) is 3.76. The molecule has 7 nitrogen and oxygen atoms in total. The third-order valence-corrected chi connectivity index (χ3v) is 6.96. The Hall–Kier alpha value is -2.35. The summed E-state index contributed by atoms with van der Waals surface area (Å²) in [4.78, 5) is 26.2. The minimum absolute atomic E-state index is 0.104. The van der Waals surface area contributed by atoms with Gasteiger partial charge in [-0.25, -0.2) is 17.5 Å². The van der Waals surface area contributed by atoms with E-state index < -0.39 is 27.9 Å². The zero-order valence-corrected chi connectivity index (χ0v) is 18.1. The van der Waals surface area contributed by atoms with Gasteiger partial charge in [0.1, 0.15) is 0 Å². The van der Waals surface area contributed by atoms with Gasteiger partial charge in [0.05, 0.1) is 12.3 Å². The number of benzene rings is 1. The predicted molar refractivity (Wildman–Crippen MR) is 112 cm³/mol. The summed E-state index contributed by atoms with van der Waals surface area (Å²) in [5, 5.41) is 9.51. The molecule has 0 bridgehead atoms. The van der Waals surface area contributed by atoms with E-state index in [9.17, 15) is 23.1 Å². The molecule has 0 spiro atoms. The van der Waals surface area contributed by atoms with Gasteiger partial charge in [0.15, 0.2) is 0 Å². The molecule has 1 aromatic rings. The van der Waals surface area contributed by atoms with Gasteiger partial charge in [0, 0.05) is 18.5 Å². The van der Waals surface area contributed by atoms with Crippen LogP contribution in [0.5, 0.6) is 0 Å². The molecule has 29 heavy (non-hydrogen) atoms.